The summed E-state index contributed by atoms with van der Waals surface area (Å²) in [6.45, 7) is 1.51. The Morgan fingerprint density at radius 1 is 1.41 bits per heavy atom. The highest BCUT2D eigenvalue weighted by Gasteiger charge is 2.32. The van der Waals surface area contributed by atoms with Crippen LogP contribution >= 0.6 is 23.2 Å². The van der Waals surface area contributed by atoms with Crippen LogP contribution in [0.15, 0.2) is 18.2 Å². The first kappa shape index (κ1) is 13.2. The lowest BCUT2D eigenvalue weighted by molar-refractivity contribution is 0.215. The largest absolute Gasteiger partial charge is 0.329 e. The second-order valence-corrected chi connectivity index (χ2v) is 5.55. The average molecular weight is 273 g/mol. The highest BCUT2D eigenvalue weighted by atomic mass is 35.5. The van der Waals surface area contributed by atoms with Gasteiger partial charge in [-0.1, -0.05) is 35.3 Å². The Morgan fingerprint density at radius 2 is 2.12 bits per heavy atom. The van der Waals surface area contributed by atoms with E-state index in [0.717, 1.165) is 18.0 Å². The smallest absolute Gasteiger partial charge is 0.0637 e. The minimum absolute atomic E-state index is 0.463. The molecule has 2 nitrogen and oxygen atoms in total. The van der Waals surface area contributed by atoms with Crippen LogP contribution in [0.5, 0.6) is 0 Å². The standard InChI is InChI=1S/C13H18Cl2N2/c1-17(12(7-16)9-5-6-9)8-10-3-2-4-11(14)13(10)15/h2-4,9,12H,5-8,16H2,1H3. The minimum Gasteiger partial charge on any atom is -0.329 e. The van der Waals surface area contributed by atoms with E-state index in [9.17, 15) is 0 Å². The zero-order valence-electron chi connectivity index (χ0n) is 10.00. The van der Waals surface area contributed by atoms with E-state index < -0.39 is 0 Å². The van der Waals surface area contributed by atoms with Gasteiger partial charge >= 0.3 is 0 Å². The van der Waals surface area contributed by atoms with E-state index in [2.05, 4.69) is 11.9 Å². The number of likely N-dealkylation sites (N-methyl/N-ethyl adjacent to an activating group) is 1. The number of benzene rings is 1. The molecule has 1 aliphatic carbocycles. The first-order valence-corrected chi connectivity index (χ1v) is 6.72. The molecular formula is C13H18Cl2N2. The van der Waals surface area contributed by atoms with Gasteiger partial charge in [0.25, 0.3) is 0 Å². The van der Waals surface area contributed by atoms with Gasteiger partial charge in [-0.3, -0.25) is 4.90 Å². The number of halogens is 2. The molecule has 1 unspecified atom stereocenters. The van der Waals surface area contributed by atoms with Crippen molar-refractivity contribution in [3.8, 4) is 0 Å². The molecule has 0 aliphatic heterocycles. The summed E-state index contributed by atoms with van der Waals surface area (Å²) in [5.41, 5.74) is 6.91. The highest BCUT2D eigenvalue weighted by Crippen LogP contribution is 2.35. The number of hydrogen-bond donors (Lipinski definition) is 1. The molecule has 94 valence electrons. The van der Waals surface area contributed by atoms with Crippen LogP contribution in [0.2, 0.25) is 10.0 Å². The Labute approximate surface area is 113 Å². The molecule has 1 saturated carbocycles. The zero-order valence-corrected chi connectivity index (χ0v) is 11.5. The van der Waals surface area contributed by atoms with Crippen LogP contribution in [0, 0.1) is 5.92 Å². The van der Waals surface area contributed by atoms with Crippen molar-refractivity contribution in [2.24, 2.45) is 11.7 Å². The van der Waals surface area contributed by atoms with E-state index in [1.165, 1.54) is 12.8 Å². The van der Waals surface area contributed by atoms with E-state index in [0.29, 0.717) is 22.6 Å². The Kier molecular flexibility index (Phi) is 4.31. The molecule has 1 aromatic rings. The molecule has 0 spiro atoms. The first-order valence-electron chi connectivity index (χ1n) is 5.96. The summed E-state index contributed by atoms with van der Waals surface area (Å²) in [6, 6.07) is 6.23. The number of hydrogen-bond acceptors (Lipinski definition) is 2. The van der Waals surface area contributed by atoms with E-state index in [-0.39, 0.29) is 0 Å². The number of nitrogens with zero attached hydrogens (tertiary/aromatic N) is 1. The van der Waals surface area contributed by atoms with Crippen molar-refractivity contribution < 1.29 is 0 Å². The van der Waals surface area contributed by atoms with Crippen LogP contribution in [-0.4, -0.2) is 24.5 Å². The molecule has 1 atom stereocenters. The van der Waals surface area contributed by atoms with E-state index >= 15 is 0 Å². The summed E-state index contributed by atoms with van der Waals surface area (Å²) >= 11 is 12.2. The molecular weight excluding hydrogens is 255 g/mol. The van der Waals surface area contributed by atoms with Gasteiger partial charge in [0, 0.05) is 19.1 Å². The summed E-state index contributed by atoms with van der Waals surface area (Å²) in [7, 11) is 2.10. The Bertz CT molecular complexity index is 391. The van der Waals surface area contributed by atoms with Crippen molar-refractivity contribution in [2.45, 2.75) is 25.4 Å². The first-order chi connectivity index (χ1) is 8.13. The van der Waals surface area contributed by atoms with Gasteiger partial charge < -0.3 is 5.73 Å². The maximum Gasteiger partial charge on any atom is 0.0637 e. The van der Waals surface area contributed by atoms with Crippen molar-refractivity contribution >= 4 is 23.2 Å². The van der Waals surface area contributed by atoms with Gasteiger partial charge in [-0.05, 0) is 37.4 Å². The maximum atomic E-state index is 6.19. The van der Waals surface area contributed by atoms with Crippen molar-refractivity contribution in [3.63, 3.8) is 0 Å². The van der Waals surface area contributed by atoms with Crippen molar-refractivity contribution in [3.05, 3.63) is 33.8 Å². The molecule has 1 aliphatic rings. The molecule has 0 aromatic heterocycles. The fourth-order valence-corrected chi connectivity index (χ4v) is 2.65. The summed E-state index contributed by atoms with van der Waals surface area (Å²) in [5.74, 6) is 0.767. The quantitative estimate of drug-likeness (QED) is 0.892. The maximum absolute atomic E-state index is 6.19. The summed E-state index contributed by atoms with van der Waals surface area (Å²) < 4.78 is 0. The highest BCUT2D eigenvalue weighted by molar-refractivity contribution is 6.42. The fourth-order valence-electron chi connectivity index (χ4n) is 2.27. The van der Waals surface area contributed by atoms with Crippen LogP contribution in [0.3, 0.4) is 0 Å². The second kappa shape index (κ2) is 5.57. The molecule has 1 aromatic carbocycles. The molecule has 0 radical (unpaired) electrons. The Morgan fingerprint density at radius 3 is 2.71 bits per heavy atom. The summed E-state index contributed by atoms with van der Waals surface area (Å²) in [6.07, 6.45) is 2.60. The van der Waals surface area contributed by atoms with Crippen LogP contribution in [0.25, 0.3) is 0 Å². The third kappa shape index (κ3) is 3.14. The molecule has 1 fully saturated rings. The lowest BCUT2D eigenvalue weighted by atomic mass is 10.1. The van der Waals surface area contributed by atoms with Gasteiger partial charge in [0.15, 0.2) is 0 Å². The second-order valence-electron chi connectivity index (χ2n) is 4.77. The molecule has 0 saturated heterocycles. The summed E-state index contributed by atoms with van der Waals surface area (Å²) in [5, 5.41) is 1.28. The van der Waals surface area contributed by atoms with Crippen LogP contribution in [0.1, 0.15) is 18.4 Å². The van der Waals surface area contributed by atoms with Crippen LogP contribution in [0.4, 0.5) is 0 Å². The van der Waals surface area contributed by atoms with Crippen molar-refractivity contribution in [1.82, 2.24) is 4.90 Å². The third-order valence-electron chi connectivity index (χ3n) is 3.43. The number of nitrogens with two attached hydrogens (primary N) is 1. The van der Waals surface area contributed by atoms with Gasteiger partial charge in [-0.2, -0.15) is 0 Å². The molecule has 0 amide bonds. The van der Waals surface area contributed by atoms with Gasteiger partial charge in [0.1, 0.15) is 0 Å². The van der Waals surface area contributed by atoms with Crippen molar-refractivity contribution in [1.29, 1.82) is 0 Å². The molecule has 0 bridgehead atoms. The molecule has 4 heteroatoms. The molecule has 0 heterocycles. The van der Waals surface area contributed by atoms with Crippen LogP contribution < -0.4 is 5.73 Å². The summed E-state index contributed by atoms with van der Waals surface area (Å²) in [4.78, 5) is 2.29. The monoisotopic (exact) mass is 272 g/mol. The van der Waals surface area contributed by atoms with Gasteiger partial charge in [-0.15, -0.1) is 0 Å². The average Bonchev–Trinajstić information content (AvgIpc) is 3.10. The third-order valence-corrected chi connectivity index (χ3v) is 4.28. The normalized spacial score (nSPS) is 17.5. The van der Waals surface area contributed by atoms with Gasteiger partial charge in [0.2, 0.25) is 0 Å². The van der Waals surface area contributed by atoms with Crippen molar-refractivity contribution in [2.75, 3.05) is 13.6 Å². The van der Waals surface area contributed by atoms with Gasteiger partial charge in [-0.25, -0.2) is 0 Å². The predicted octanol–water partition coefficient (Wildman–Crippen LogP) is 3.16. The number of rotatable bonds is 5. The topological polar surface area (TPSA) is 29.3 Å². The fraction of sp³-hybridized carbons (Fsp3) is 0.538. The molecule has 2 rings (SSSR count). The lowest BCUT2D eigenvalue weighted by Crippen LogP contribution is -2.39. The van der Waals surface area contributed by atoms with Crippen LogP contribution in [-0.2, 0) is 6.54 Å². The Balaban J connectivity index is 2.06. The Hall–Kier alpha value is -0.280. The molecule has 17 heavy (non-hydrogen) atoms. The minimum atomic E-state index is 0.463. The van der Waals surface area contributed by atoms with E-state index in [1.807, 2.05) is 18.2 Å². The SMILES string of the molecule is CN(Cc1cccc(Cl)c1Cl)C(CN)C1CC1. The van der Waals surface area contributed by atoms with E-state index in [4.69, 9.17) is 28.9 Å². The molecule has 2 N–H and O–H groups in total. The predicted molar refractivity (Wildman–Crippen MR) is 73.5 cm³/mol. The lowest BCUT2D eigenvalue weighted by Gasteiger charge is -2.27. The zero-order chi connectivity index (χ0) is 12.4. The van der Waals surface area contributed by atoms with Gasteiger partial charge in [0.05, 0.1) is 10.0 Å². The van der Waals surface area contributed by atoms with E-state index in [1.54, 1.807) is 0 Å².